The number of hydrogen-bond donors (Lipinski definition) is 0. The molecule has 0 radical (unpaired) electrons. The van der Waals surface area contributed by atoms with Crippen LogP contribution >= 0.6 is 13.6 Å². The first-order valence-electron chi connectivity index (χ1n) is 3.93. The van der Waals surface area contributed by atoms with Crippen LogP contribution in [0.15, 0.2) is 24.3 Å². The van der Waals surface area contributed by atoms with Gasteiger partial charge in [0.05, 0.1) is 13.2 Å². The fourth-order valence-corrected chi connectivity index (χ4v) is 1.11. The molecule has 0 amide bonds. The summed E-state index contributed by atoms with van der Waals surface area (Å²) in [7, 11) is 0. The van der Waals surface area contributed by atoms with E-state index in [1.54, 1.807) is 0 Å². The van der Waals surface area contributed by atoms with Gasteiger partial charge < -0.3 is 9.47 Å². The Kier molecular flexibility index (Phi) is 5.80. The van der Waals surface area contributed by atoms with Crippen LogP contribution in [0.2, 0.25) is 0 Å². The van der Waals surface area contributed by atoms with Crippen molar-refractivity contribution in [3.8, 4) is 0 Å². The molecule has 0 aromatic heterocycles. The van der Waals surface area contributed by atoms with Gasteiger partial charge >= 0.3 is 30.0 Å². The molecule has 66 valence electrons. The normalized spacial score (nSPS) is 16.5. The fraction of sp³-hybridized carbons (Fsp3) is 0.333. The average molecular weight is 294 g/mol. The van der Waals surface area contributed by atoms with Crippen LogP contribution in [0, 0.1) is 6.07 Å². The third-order valence-corrected chi connectivity index (χ3v) is 1.64. The zero-order valence-electron chi connectivity index (χ0n) is 7.20. The van der Waals surface area contributed by atoms with Crippen LogP contribution < -0.4 is 0 Å². The Hall–Kier alpha value is 0.243. The van der Waals surface area contributed by atoms with Gasteiger partial charge in [-0.3, -0.25) is 0 Å². The van der Waals surface area contributed by atoms with Gasteiger partial charge in [0.1, 0.15) is 0 Å². The van der Waals surface area contributed by atoms with E-state index in [1.165, 1.54) is 16.3 Å². The summed E-state index contributed by atoms with van der Waals surface area (Å²) in [6.07, 6.45) is -0.149. The molecule has 13 heavy (non-hydrogen) atoms. The maximum absolute atomic E-state index is 5.30. The van der Waals surface area contributed by atoms with Crippen LogP contribution in [0.3, 0.4) is 0 Å². The predicted octanol–water partition coefficient (Wildman–Crippen LogP) is 2.38. The zero-order valence-corrected chi connectivity index (χ0v) is 11.8. The molecule has 0 aliphatic carbocycles. The van der Waals surface area contributed by atoms with Crippen molar-refractivity contribution in [2.75, 3.05) is 13.2 Å². The Labute approximate surface area is 94.6 Å². The molecular weight excluding hydrogens is 285 g/mol. The number of halogens is 1. The molecule has 0 atom stereocenters. The maximum Gasteiger partial charge on any atom is 0.162 e. The number of rotatable bonds is 1. The van der Waals surface area contributed by atoms with Crippen molar-refractivity contribution in [3.63, 3.8) is 0 Å². The van der Waals surface area contributed by atoms with Crippen molar-refractivity contribution in [3.05, 3.63) is 35.9 Å². The number of ether oxygens (including phenoxy) is 2. The maximum atomic E-state index is 5.30. The fourth-order valence-electron chi connectivity index (χ4n) is 1.11. The predicted molar refractivity (Wildman–Crippen MR) is 48.9 cm³/mol. The molecule has 1 aliphatic heterocycles. The number of hydrogen-bond acceptors (Lipinski definition) is 2. The van der Waals surface area contributed by atoms with E-state index in [1.807, 2.05) is 24.3 Å². The first kappa shape index (κ1) is 11.3. The molecular formula is C9H9BrO2Zn. The SMILES string of the molecule is [Zn+][Br].[c-]1ccc(C2OCCO2)cc1. The zero-order chi connectivity index (χ0) is 9.52. The Balaban J connectivity index is 0.000000396. The molecule has 0 unspecified atom stereocenters. The molecule has 1 aromatic rings. The van der Waals surface area contributed by atoms with E-state index in [-0.39, 0.29) is 6.29 Å². The Morgan fingerprint density at radius 1 is 1.23 bits per heavy atom. The summed E-state index contributed by atoms with van der Waals surface area (Å²) in [4.78, 5) is 0. The van der Waals surface area contributed by atoms with Gasteiger partial charge in [-0.25, -0.2) is 0 Å². The molecule has 1 fully saturated rings. The van der Waals surface area contributed by atoms with E-state index in [9.17, 15) is 0 Å². The van der Waals surface area contributed by atoms with E-state index < -0.39 is 0 Å². The van der Waals surface area contributed by atoms with E-state index in [2.05, 4.69) is 19.7 Å². The van der Waals surface area contributed by atoms with Crippen molar-refractivity contribution in [1.29, 1.82) is 0 Å². The molecule has 2 rings (SSSR count). The van der Waals surface area contributed by atoms with Crippen LogP contribution in [0.4, 0.5) is 0 Å². The minimum Gasteiger partial charge on any atom is -0.348 e. The second kappa shape index (κ2) is 6.66. The minimum absolute atomic E-state index is 0.149. The Bertz CT molecular complexity index is 224. The molecule has 0 bridgehead atoms. The van der Waals surface area contributed by atoms with Crippen LogP contribution in [0.5, 0.6) is 0 Å². The summed E-state index contributed by atoms with van der Waals surface area (Å²) in [6, 6.07) is 10.6. The Morgan fingerprint density at radius 3 is 2.31 bits per heavy atom. The summed E-state index contributed by atoms with van der Waals surface area (Å²) in [5.41, 5.74) is 1.07. The largest absolute Gasteiger partial charge is 0.348 e. The van der Waals surface area contributed by atoms with Crippen LogP contribution in [-0.4, -0.2) is 13.2 Å². The summed E-state index contributed by atoms with van der Waals surface area (Å²) in [5.74, 6) is 0. The average Bonchev–Trinajstić information content (AvgIpc) is 2.75. The van der Waals surface area contributed by atoms with E-state index in [0.717, 1.165) is 5.56 Å². The van der Waals surface area contributed by atoms with Crippen LogP contribution in [-0.2, 0) is 25.8 Å². The van der Waals surface area contributed by atoms with Gasteiger partial charge in [-0.1, -0.05) is 0 Å². The van der Waals surface area contributed by atoms with Gasteiger partial charge in [0.15, 0.2) is 6.29 Å². The monoisotopic (exact) mass is 292 g/mol. The van der Waals surface area contributed by atoms with Gasteiger partial charge in [0.25, 0.3) is 0 Å². The van der Waals surface area contributed by atoms with Gasteiger partial charge in [-0.05, 0) is 0 Å². The van der Waals surface area contributed by atoms with Gasteiger partial charge in [0, 0.05) is 0 Å². The third kappa shape index (κ3) is 3.47. The molecule has 1 aliphatic rings. The summed E-state index contributed by atoms with van der Waals surface area (Å²) >= 11 is 4.25. The Morgan fingerprint density at radius 2 is 1.77 bits per heavy atom. The summed E-state index contributed by atoms with van der Waals surface area (Å²) < 4.78 is 10.6. The van der Waals surface area contributed by atoms with Crippen LogP contribution in [0.1, 0.15) is 11.9 Å². The second-order valence-electron chi connectivity index (χ2n) is 2.41. The quantitative estimate of drug-likeness (QED) is 0.585. The van der Waals surface area contributed by atoms with Crippen molar-refractivity contribution >= 4 is 13.6 Å². The molecule has 1 aromatic carbocycles. The molecule has 2 nitrogen and oxygen atoms in total. The first-order valence-corrected chi connectivity index (χ1v) is 10.9. The van der Waals surface area contributed by atoms with Crippen molar-refractivity contribution in [1.82, 2.24) is 0 Å². The third-order valence-electron chi connectivity index (χ3n) is 1.64. The molecule has 4 heteroatoms. The van der Waals surface area contributed by atoms with E-state index in [4.69, 9.17) is 9.47 Å². The van der Waals surface area contributed by atoms with E-state index >= 15 is 0 Å². The molecule has 1 heterocycles. The van der Waals surface area contributed by atoms with Crippen molar-refractivity contribution in [2.24, 2.45) is 0 Å². The molecule has 0 saturated carbocycles. The van der Waals surface area contributed by atoms with Crippen LogP contribution in [0.25, 0.3) is 0 Å². The molecule has 0 spiro atoms. The number of benzene rings is 1. The smallest absolute Gasteiger partial charge is 0.162 e. The first-order chi connectivity index (χ1) is 6.47. The summed E-state index contributed by atoms with van der Waals surface area (Å²) in [6.45, 7) is 1.40. The minimum atomic E-state index is -0.149. The molecule has 0 N–H and O–H groups in total. The van der Waals surface area contributed by atoms with Crippen molar-refractivity contribution in [2.45, 2.75) is 6.29 Å². The standard InChI is InChI=1S/C9H9O2.BrH.Zn/c1-2-4-8(5-3-1)9-10-6-7-11-9;;/h2-5,9H,6-7H2;1H;/q-1;;+2/p-1. The van der Waals surface area contributed by atoms with Crippen molar-refractivity contribution < 1.29 is 25.8 Å². The van der Waals surface area contributed by atoms with E-state index in [0.29, 0.717) is 13.2 Å². The van der Waals surface area contributed by atoms with Gasteiger partial charge in [-0.15, -0.1) is 5.56 Å². The topological polar surface area (TPSA) is 18.5 Å². The van der Waals surface area contributed by atoms with Gasteiger partial charge in [0.2, 0.25) is 0 Å². The second-order valence-corrected chi connectivity index (χ2v) is 2.41. The van der Waals surface area contributed by atoms with Gasteiger partial charge in [-0.2, -0.15) is 30.3 Å². The summed E-state index contributed by atoms with van der Waals surface area (Å²) in [5, 5.41) is 0. The molecule has 1 saturated heterocycles.